The van der Waals surface area contributed by atoms with E-state index in [1.807, 2.05) is 4.90 Å². The quantitative estimate of drug-likeness (QED) is 0.808. The normalized spacial score (nSPS) is 14.7. The second-order valence-electron chi connectivity index (χ2n) is 7.15. The molecule has 1 N–H and O–H groups in total. The maximum absolute atomic E-state index is 12.7. The number of carbonyl (C=O) groups excluding carboxylic acids is 1. The summed E-state index contributed by atoms with van der Waals surface area (Å²) in [6.07, 6.45) is 7.92. The third kappa shape index (κ3) is 4.60. The van der Waals surface area contributed by atoms with Crippen molar-refractivity contribution in [2.24, 2.45) is 0 Å². The molecule has 0 saturated heterocycles. The molecule has 0 fully saturated rings. The highest BCUT2D eigenvalue weighted by molar-refractivity contribution is 5.94. The molecular weight excluding hydrogens is 340 g/mol. The molecular formula is C20H28N6O. The summed E-state index contributed by atoms with van der Waals surface area (Å²) in [4.78, 5) is 29.7. The summed E-state index contributed by atoms with van der Waals surface area (Å²) >= 11 is 0. The van der Waals surface area contributed by atoms with E-state index in [0.717, 1.165) is 42.9 Å². The Balaban J connectivity index is 1.70. The summed E-state index contributed by atoms with van der Waals surface area (Å²) in [5.41, 5.74) is 2.66. The van der Waals surface area contributed by atoms with E-state index in [0.29, 0.717) is 24.7 Å². The van der Waals surface area contributed by atoms with E-state index >= 15 is 0 Å². The zero-order chi connectivity index (χ0) is 19.2. The van der Waals surface area contributed by atoms with Gasteiger partial charge in [-0.3, -0.25) is 9.78 Å². The fraction of sp³-hybridized carbons (Fsp3) is 0.500. The van der Waals surface area contributed by atoms with Crippen molar-refractivity contribution >= 4 is 11.7 Å². The Morgan fingerprint density at radius 3 is 2.93 bits per heavy atom. The third-order valence-corrected chi connectivity index (χ3v) is 5.06. The van der Waals surface area contributed by atoms with Crippen molar-refractivity contribution in [3.8, 4) is 0 Å². The van der Waals surface area contributed by atoms with Gasteiger partial charge in [0.25, 0.3) is 5.91 Å². The maximum atomic E-state index is 12.7. The Hall–Kier alpha value is -2.54. The van der Waals surface area contributed by atoms with Crippen molar-refractivity contribution in [1.82, 2.24) is 24.8 Å². The molecule has 2 aromatic rings. The smallest absolute Gasteiger partial charge is 0.255 e. The molecule has 1 aliphatic heterocycles. The first-order valence-corrected chi connectivity index (χ1v) is 9.52. The second kappa shape index (κ2) is 8.90. The number of hydrogen-bond donors (Lipinski definition) is 1. The van der Waals surface area contributed by atoms with E-state index in [2.05, 4.69) is 46.2 Å². The largest absolute Gasteiger partial charge is 0.368 e. The van der Waals surface area contributed by atoms with Gasteiger partial charge in [-0.15, -0.1) is 0 Å². The van der Waals surface area contributed by atoms with E-state index in [1.165, 1.54) is 0 Å². The topological polar surface area (TPSA) is 74.2 Å². The summed E-state index contributed by atoms with van der Waals surface area (Å²) in [7, 11) is 4.22. The van der Waals surface area contributed by atoms with Crippen LogP contribution in [0.2, 0.25) is 0 Å². The molecule has 0 aliphatic carbocycles. The molecule has 0 spiro atoms. The van der Waals surface area contributed by atoms with Crippen LogP contribution in [-0.4, -0.2) is 63.9 Å². The Morgan fingerprint density at radius 2 is 2.22 bits per heavy atom. The van der Waals surface area contributed by atoms with Crippen LogP contribution in [0.1, 0.15) is 41.4 Å². The highest BCUT2D eigenvalue weighted by atomic mass is 16.2. The lowest BCUT2D eigenvalue weighted by atomic mass is 10.0. The standard InChI is InChI=1S/C20H28N6O/c1-4-6-16(25(2)3)12-22-19-17-8-10-26(13-18(17)23-14-24-19)20(27)15-7-5-9-21-11-15/h5,7,9,11,14,16H,4,6,8,10,12-13H2,1-3H3,(H,22,23,24)/t16-/m0/s1. The number of rotatable bonds is 7. The Morgan fingerprint density at radius 1 is 1.37 bits per heavy atom. The van der Waals surface area contributed by atoms with Gasteiger partial charge in [0.15, 0.2) is 0 Å². The van der Waals surface area contributed by atoms with Gasteiger partial charge < -0.3 is 15.1 Å². The summed E-state index contributed by atoms with van der Waals surface area (Å²) < 4.78 is 0. The molecule has 2 aromatic heterocycles. The number of pyridine rings is 1. The van der Waals surface area contributed by atoms with E-state index < -0.39 is 0 Å². The average Bonchev–Trinajstić information content (AvgIpc) is 2.70. The van der Waals surface area contributed by atoms with E-state index in [4.69, 9.17) is 0 Å². The SMILES string of the molecule is CCC[C@@H](CNc1ncnc2c1CCN(C(=O)c1cccnc1)C2)N(C)C. The van der Waals surface area contributed by atoms with Crippen molar-refractivity contribution in [2.45, 2.75) is 38.8 Å². The average molecular weight is 368 g/mol. The summed E-state index contributed by atoms with van der Waals surface area (Å²) in [5, 5.41) is 3.51. The molecule has 0 radical (unpaired) electrons. The zero-order valence-corrected chi connectivity index (χ0v) is 16.4. The number of nitrogens with one attached hydrogen (secondary N) is 1. The number of amides is 1. The van der Waals surface area contributed by atoms with Crippen LogP contribution in [0.4, 0.5) is 5.82 Å². The van der Waals surface area contributed by atoms with Gasteiger partial charge in [0, 0.05) is 37.1 Å². The van der Waals surface area contributed by atoms with E-state index in [9.17, 15) is 4.79 Å². The molecule has 7 nitrogen and oxygen atoms in total. The lowest BCUT2D eigenvalue weighted by Gasteiger charge is -2.30. The van der Waals surface area contributed by atoms with Crippen LogP contribution < -0.4 is 5.32 Å². The monoisotopic (exact) mass is 368 g/mol. The first kappa shape index (κ1) is 19.2. The molecule has 1 atom stereocenters. The minimum Gasteiger partial charge on any atom is -0.368 e. The first-order chi connectivity index (χ1) is 13.1. The molecule has 7 heteroatoms. The second-order valence-corrected chi connectivity index (χ2v) is 7.15. The van der Waals surface area contributed by atoms with Crippen LogP contribution in [-0.2, 0) is 13.0 Å². The lowest BCUT2D eigenvalue weighted by molar-refractivity contribution is 0.0731. The van der Waals surface area contributed by atoms with Gasteiger partial charge in [0.1, 0.15) is 12.1 Å². The number of likely N-dealkylation sites (N-methyl/N-ethyl adjacent to an activating group) is 1. The maximum Gasteiger partial charge on any atom is 0.255 e. The molecule has 3 rings (SSSR count). The van der Waals surface area contributed by atoms with Crippen LogP contribution in [0.5, 0.6) is 0 Å². The van der Waals surface area contributed by atoms with Crippen LogP contribution in [0.25, 0.3) is 0 Å². The molecule has 3 heterocycles. The number of hydrogen-bond acceptors (Lipinski definition) is 6. The Bertz CT molecular complexity index is 764. The van der Waals surface area contributed by atoms with Crippen LogP contribution in [0, 0.1) is 0 Å². The fourth-order valence-corrected chi connectivity index (χ4v) is 3.44. The number of nitrogens with zero attached hydrogens (tertiary/aromatic N) is 5. The third-order valence-electron chi connectivity index (χ3n) is 5.06. The van der Waals surface area contributed by atoms with Crippen LogP contribution in [0.15, 0.2) is 30.9 Å². The van der Waals surface area contributed by atoms with Gasteiger partial charge in [-0.05, 0) is 39.1 Å². The first-order valence-electron chi connectivity index (χ1n) is 9.52. The van der Waals surface area contributed by atoms with Crippen LogP contribution >= 0.6 is 0 Å². The minimum atomic E-state index is -0.00232. The van der Waals surface area contributed by atoms with Crippen molar-refractivity contribution in [3.63, 3.8) is 0 Å². The van der Waals surface area contributed by atoms with Gasteiger partial charge >= 0.3 is 0 Å². The molecule has 0 bridgehead atoms. The highest BCUT2D eigenvalue weighted by Gasteiger charge is 2.25. The zero-order valence-electron chi connectivity index (χ0n) is 16.4. The predicted molar refractivity (Wildman–Crippen MR) is 106 cm³/mol. The van der Waals surface area contributed by atoms with Gasteiger partial charge in [-0.2, -0.15) is 0 Å². The minimum absolute atomic E-state index is 0.00232. The highest BCUT2D eigenvalue weighted by Crippen LogP contribution is 2.24. The summed E-state index contributed by atoms with van der Waals surface area (Å²) in [5.74, 6) is 0.897. The Kier molecular flexibility index (Phi) is 6.34. The van der Waals surface area contributed by atoms with Crippen molar-refractivity contribution < 1.29 is 4.79 Å². The fourth-order valence-electron chi connectivity index (χ4n) is 3.44. The molecule has 144 valence electrons. The van der Waals surface area contributed by atoms with Crippen molar-refractivity contribution in [1.29, 1.82) is 0 Å². The van der Waals surface area contributed by atoms with E-state index in [1.54, 1.807) is 30.9 Å². The number of fused-ring (bicyclic) bond motifs is 1. The predicted octanol–water partition coefficient (Wildman–Crippen LogP) is 2.21. The molecule has 0 unspecified atom stereocenters. The van der Waals surface area contributed by atoms with Crippen LogP contribution in [0.3, 0.4) is 0 Å². The number of carbonyl (C=O) groups is 1. The summed E-state index contributed by atoms with van der Waals surface area (Å²) in [6, 6.07) is 4.05. The van der Waals surface area contributed by atoms with Gasteiger partial charge in [0.05, 0.1) is 17.8 Å². The van der Waals surface area contributed by atoms with Gasteiger partial charge in [0.2, 0.25) is 0 Å². The van der Waals surface area contributed by atoms with Gasteiger partial charge in [-0.1, -0.05) is 13.3 Å². The van der Waals surface area contributed by atoms with Crippen molar-refractivity contribution in [2.75, 3.05) is 32.5 Å². The lowest BCUT2D eigenvalue weighted by Crippen LogP contribution is -2.38. The Labute approximate surface area is 160 Å². The summed E-state index contributed by atoms with van der Waals surface area (Å²) in [6.45, 7) is 4.22. The molecule has 27 heavy (non-hydrogen) atoms. The number of anilines is 1. The van der Waals surface area contributed by atoms with Gasteiger partial charge in [-0.25, -0.2) is 9.97 Å². The molecule has 1 amide bonds. The molecule has 1 aliphatic rings. The molecule has 0 aromatic carbocycles. The van der Waals surface area contributed by atoms with Crippen molar-refractivity contribution in [3.05, 3.63) is 47.7 Å². The molecule has 0 saturated carbocycles. The number of aromatic nitrogens is 3. The van der Waals surface area contributed by atoms with E-state index in [-0.39, 0.29) is 5.91 Å².